The van der Waals surface area contributed by atoms with Crippen LogP contribution in [0.15, 0.2) is 53.1 Å². The number of amides is 1. The first-order valence-electron chi connectivity index (χ1n) is 9.07. The fraction of sp³-hybridized carbons (Fsp3) is 0.286. The van der Waals surface area contributed by atoms with E-state index >= 15 is 0 Å². The highest BCUT2D eigenvalue weighted by atomic mass is 16.5. The van der Waals surface area contributed by atoms with Crippen LogP contribution < -0.4 is 0 Å². The predicted molar refractivity (Wildman–Crippen MR) is 100 cm³/mol. The number of para-hydroxylation sites is 1. The number of esters is 1. The van der Waals surface area contributed by atoms with Gasteiger partial charge in [0, 0.05) is 18.5 Å². The lowest BCUT2D eigenvalue weighted by molar-refractivity contribution is -0.138. The quantitative estimate of drug-likeness (QED) is 0.661. The van der Waals surface area contributed by atoms with Gasteiger partial charge < -0.3 is 14.1 Å². The van der Waals surface area contributed by atoms with Gasteiger partial charge in [-0.05, 0) is 44.0 Å². The molecule has 1 atom stereocenters. The number of rotatable bonds is 4. The molecule has 0 saturated carbocycles. The van der Waals surface area contributed by atoms with Crippen molar-refractivity contribution in [2.45, 2.75) is 25.9 Å². The Hall–Kier alpha value is -3.15. The second kappa shape index (κ2) is 7.23. The number of pyridine rings is 1. The largest absolute Gasteiger partial charge is 0.463 e. The van der Waals surface area contributed by atoms with Crippen LogP contribution in [0.4, 0.5) is 0 Å². The van der Waals surface area contributed by atoms with E-state index in [9.17, 15) is 9.59 Å². The minimum atomic E-state index is -0.824. The number of benzene rings is 1. The number of hydrogen-bond acceptors (Lipinski definition) is 5. The third-order valence-corrected chi connectivity index (χ3v) is 4.76. The van der Waals surface area contributed by atoms with E-state index in [0.29, 0.717) is 27.9 Å². The molecule has 0 bridgehead atoms. The summed E-state index contributed by atoms with van der Waals surface area (Å²) in [5, 5.41) is 0.679. The zero-order valence-corrected chi connectivity index (χ0v) is 15.1. The molecule has 1 aliphatic heterocycles. The maximum Gasteiger partial charge on any atom is 0.339 e. The van der Waals surface area contributed by atoms with Gasteiger partial charge in [0.25, 0.3) is 5.91 Å². The molecule has 1 amide bonds. The molecule has 1 saturated heterocycles. The highest BCUT2D eigenvalue weighted by molar-refractivity contribution is 6.05. The Morgan fingerprint density at radius 2 is 1.93 bits per heavy atom. The molecule has 138 valence electrons. The summed E-state index contributed by atoms with van der Waals surface area (Å²) < 4.78 is 10.9. The summed E-state index contributed by atoms with van der Waals surface area (Å²) in [6.45, 7) is 3.07. The van der Waals surface area contributed by atoms with Gasteiger partial charge in [-0.2, -0.15) is 0 Å². The highest BCUT2D eigenvalue weighted by Gasteiger charge is 2.27. The zero-order valence-electron chi connectivity index (χ0n) is 15.1. The molecule has 1 aromatic carbocycles. The van der Waals surface area contributed by atoms with E-state index in [0.717, 1.165) is 25.9 Å². The summed E-state index contributed by atoms with van der Waals surface area (Å²) in [5.74, 6) is -0.122. The number of hydrogen-bond donors (Lipinski definition) is 0. The summed E-state index contributed by atoms with van der Waals surface area (Å²) in [5.41, 5.74) is 1.58. The van der Waals surface area contributed by atoms with Crippen LogP contribution in [0.1, 0.15) is 30.1 Å². The van der Waals surface area contributed by atoms with Gasteiger partial charge >= 0.3 is 5.97 Å². The minimum Gasteiger partial charge on any atom is -0.463 e. The van der Waals surface area contributed by atoms with E-state index in [2.05, 4.69) is 4.98 Å². The number of carbonyl (C=O) groups excluding carboxylic acids is 2. The van der Waals surface area contributed by atoms with Crippen molar-refractivity contribution < 1.29 is 18.7 Å². The number of fused-ring (bicyclic) bond motifs is 1. The first kappa shape index (κ1) is 17.3. The third-order valence-electron chi connectivity index (χ3n) is 4.76. The number of aromatic nitrogens is 1. The molecule has 3 aromatic rings. The molecule has 0 aliphatic carbocycles. The van der Waals surface area contributed by atoms with Gasteiger partial charge in [0.2, 0.25) is 0 Å². The van der Waals surface area contributed by atoms with Crippen LogP contribution >= 0.6 is 0 Å². The monoisotopic (exact) mass is 364 g/mol. The summed E-state index contributed by atoms with van der Waals surface area (Å²) in [6.07, 6.45) is 2.72. The second-order valence-corrected chi connectivity index (χ2v) is 6.63. The molecule has 3 heterocycles. The predicted octanol–water partition coefficient (Wildman–Crippen LogP) is 3.66. The normalized spacial score (nSPS) is 15.1. The smallest absolute Gasteiger partial charge is 0.339 e. The van der Waals surface area contributed by atoms with E-state index < -0.39 is 12.1 Å². The van der Waals surface area contributed by atoms with E-state index in [4.69, 9.17) is 9.15 Å². The van der Waals surface area contributed by atoms with Crippen molar-refractivity contribution in [1.82, 2.24) is 9.88 Å². The van der Waals surface area contributed by atoms with Crippen LogP contribution in [0, 0.1) is 0 Å². The standard InChI is InChI=1S/C21H20N2O4/c1-14(20(24)23-10-4-5-11-23)27-21(25)16-13-18(19-9-6-12-26-19)22-17-8-3-2-7-15(16)17/h2-3,6-9,12-14H,4-5,10-11H2,1H3. The Labute approximate surface area is 156 Å². The van der Waals surface area contributed by atoms with Crippen molar-refractivity contribution in [3.63, 3.8) is 0 Å². The molecule has 0 spiro atoms. The van der Waals surface area contributed by atoms with Gasteiger partial charge in [-0.15, -0.1) is 0 Å². The highest BCUT2D eigenvalue weighted by Crippen LogP contribution is 2.26. The molecule has 6 heteroatoms. The van der Waals surface area contributed by atoms with Crippen LogP contribution in [0.25, 0.3) is 22.4 Å². The van der Waals surface area contributed by atoms with Crippen molar-refractivity contribution in [2.75, 3.05) is 13.1 Å². The topological polar surface area (TPSA) is 72.6 Å². The number of ether oxygens (including phenoxy) is 1. The second-order valence-electron chi connectivity index (χ2n) is 6.63. The molecule has 27 heavy (non-hydrogen) atoms. The minimum absolute atomic E-state index is 0.148. The number of furan rings is 1. The Morgan fingerprint density at radius 1 is 1.15 bits per heavy atom. The lowest BCUT2D eigenvalue weighted by Crippen LogP contribution is -2.38. The number of nitrogens with zero attached hydrogens (tertiary/aromatic N) is 2. The maximum atomic E-state index is 12.9. The lowest BCUT2D eigenvalue weighted by Gasteiger charge is -2.20. The third kappa shape index (κ3) is 3.43. The van der Waals surface area contributed by atoms with Gasteiger partial charge in [0.1, 0.15) is 5.69 Å². The molecule has 6 nitrogen and oxygen atoms in total. The van der Waals surface area contributed by atoms with E-state index in [1.807, 2.05) is 24.3 Å². The Balaban J connectivity index is 1.65. The average molecular weight is 364 g/mol. The van der Waals surface area contributed by atoms with Gasteiger partial charge in [0.15, 0.2) is 11.9 Å². The SMILES string of the molecule is CC(OC(=O)c1cc(-c2ccco2)nc2ccccc12)C(=O)N1CCCC1. The van der Waals surface area contributed by atoms with Crippen molar-refractivity contribution in [2.24, 2.45) is 0 Å². The fourth-order valence-electron chi connectivity index (χ4n) is 3.36. The molecular weight excluding hydrogens is 344 g/mol. The van der Waals surface area contributed by atoms with Crippen LogP contribution in [-0.4, -0.2) is 41.0 Å². The summed E-state index contributed by atoms with van der Waals surface area (Å²) in [7, 11) is 0. The molecule has 2 aromatic heterocycles. The molecule has 1 unspecified atom stereocenters. The van der Waals surface area contributed by atoms with E-state index in [1.165, 1.54) is 0 Å². The molecular formula is C21H20N2O4. The van der Waals surface area contributed by atoms with Gasteiger partial charge in [-0.3, -0.25) is 4.79 Å². The van der Waals surface area contributed by atoms with Crippen LogP contribution in [-0.2, 0) is 9.53 Å². The van der Waals surface area contributed by atoms with Crippen molar-refractivity contribution in [3.8, 4) is 11.5 Å². The molecule has 1 fully saturated rings. The lowest BCUT2D eigenvalue weighted by atomic mass is 10.1. The van der Waals surface area contributed by atoms with E-state index in [1.54, 1.807) is 36.3 Å². The summed E-state index contributed by atoms with van der Waals surface area (Å²) >= 11 is 0. The van der Waals surface area contributed by atoms with Gasteiger partial charge in [0.05, 0.1) is 17.3 Å². The number of carbonyl (C=O) groups is 2. The zero-order chi connectivity index (χ0) is 18.8. The molecule has 0 radical (unpaired) electrons. The Kier molecular flexibility index (Phi) is 4.62. The van der Waals surface area contributed by atoms with E-state index in [-0.39, 0.29) is 5.91 Å². The molecule has 0 N–H and O–H groups in total. The van der Waals surface area contributed by atoms with Gasteiger partial charge in [-0.1, -0.05) is 18.2 Å². The molecule has 4 rings (SSSR count). The Morgan fingerprint density at radius 3 is 2.67 bits per heavy atom. The fourth-order valence-corrected chi connectivity index (χ4v) is 3.36. The van der Waals surface area contributed by atoms with Crippen LogP contribution in [0.2, 0.25) is 0 Å². The Bertz CT molecular complexity index is 975. The van der Waals surface area contributed by atoms with Gasteiger partial charge in [-0.25, -0.2) is 9.78 Å². The van der Waals surface area contributed by atoms with Crippen LogP contribution in [0.5, 0.6) is 0 Å². The van der Waals surface area contributed by atoms with Crippen molar-refractivity contribution >= 4 is 22.8 Å². The molecule has 1 aliphatic rings. The maximum absolute atomic E-state index is 12.9. The first-order valence-corrected chi connectivity index (χ1v) is 9.07. The van der Waals surface area contributed by atoms with Crippen molar-refractivity contribution in [3.05, 3.63) is 54.3 Å². The van der Waals surface area contributed by atoms with Crippen LogP contribution in [0.3, 0.4) is 0 Å². The summed E-state index contributed by atoms with van der Waals surface area (Å²) in [6, 6.07) is 12.5. The first-order chi connectivity index (χ1) is 13.1. The summed E-state index contributed by atoms with van der Waals surface area (Å²) in [4.78, 5) is 31.6. The number of likely N-dealkylation sites (tertiary alicyclic amines) is 1. The average Bonchev–Trinajstić information content (AvgIpc) is 3.40. The van der Waals surface area contributed by atoms with Crippen molar-refractivity contribution in [1.29, 1.82) is 0 Å².